The fourth-order valence-corrected chi connectivity index (χ4v) is 4.76. The van der Waals surface area contributed by atoms with E-state index in [-0.39, 0.29) is 15.7 Å². The molecule has 4 aromatic heterocycles. The fraction of sp³-hybridized carbons (Fsp3) is 0.0435. The normalized spacial score (nSPS) is 11.6. The molecule has 0 aliphatic carbocycles. The lowest BCUT2D eigenvalue weighted by Crippen LogP contribution is -2.13. The van der Waals surface area contributed by atoms with Gasteiger partial charge in [0.25, 0.3) is 10.0 Å². The summed E-state index contributed by atoms with van der Waals surface area (Å²) in [7, 11) is -3.86. The van der Waals surface area contributed by atoms with Crippen LogP contribution in [0.5, 0.6) is 0 Å². The third-order valence-corrected chi connectivity index (χ3v) is 6.82. The van der Waals surface area contributed by atoms with Crippen molar-refractivity contribution in [3.8, 4) is 22.4 Å². The predicted molar refractivity (Wildman–Crippen MR) is 127 cm³/mol. The van der Waals surface area contributed by atoms with Crippen molar-refractivity contribution >= 4 is 38.3 Å². The number of rotatable bonds is 5. The zero-order chi connectivity index (χ0) is 23.9. The molecule has 0 aliphatic rings. The second-order valence-corrected chi connectivity index (χ2v) is 9.52. The second kappa shape index (κ2) is 8.47. The SMILES string of the molecule is Cc1cc(-c2[nH]nc3ncc(-c4cnc(Cl)c(NS(=O)(=O)c5ccccc5)c4)cc23)c(F)cn1. The molecule has 5 aromatic rings. The maximum atomic E-state index is 14.5. The number of pyridine rings is 3. The number of H-pyrrole nitrogens is 1. The van der Waals surface area contributed by atoms with E-state index in [2.05, 4.69) is 29.9 Å². The van der Waals surface area contributed by atoms with E-state index in [0.29, 0.717) is 39.1 Å². The Morgan fingerprint density at radius 3 is 2.50 bits per heavy atom. The van der Waals surface area contributed by atoms with Crippen LogP contribution < -0.4 is 4.72 Å². The van der Waals surface area contributed by atoms with E-state index in [1.54, 1.807) is 49.5 Å². The number of hydrogen-bond acceptors (Lipinski definition) is 6. The Labute approximate surface area is 198 Å². The zero-order valence-electron chi connectivity index (χ0n) is 17.6. The number of hydrogen-bond donors (Lipinski definition) is 2. The Bertz CT molecular complexity index is 1640. The van der Waals surface area contributed by atoms with Gasteiger partial charge in [0.1, 0.15) is 0 Å². The highest BCUT2D eigenvalue weighted by atomic mass is 35.5. The zero-order valence-corrected chi connectivity index (χ0v) is 19.2. The maximum Gasteiger partial charge on any atom is 0.261 e. The number of aromatic amines is 1. The van der Waals surface area contributed by atoms with Gasteiger partial charge in [-0.3, -0.25) is 14.8 Å². The number of sulfonamides is 1. The lowest BCUT2D eigenvalue weighted by Gasteiger charge is -2.11. The molecular formula is C23H16ClFN6O2S. The van der Waals surface area contributed by atoms with Crippen molar-refractivity contribution in [1.29, 1.82) is 0 Å². The molecule has 170 valence electrons. The van der Waals surface area contributed by atoms with Crippen molar-refractivity contribution in [3.05, 3.63) is 83.8 Å². The first kappa shape index (κ1) is 21.9. The van der Waals surface area contributed by atoms with Gasteiger partial charge in [-0.25, -0.2) is 22.8 Å². The molecule has 0 amide bonds. The molecule has 34 heavy (non-hydrogen) atoms. The number of fused-ring (bicyclic) bond motifs is 1. The van der Waals surface area contributed by atoms with E-state index in [9.17, 15) is 12.8 Å². The number of benzene rings is 1. The van der Waals surface area contributed by atoms with Gasteiger partial charge in [0.2, 0.25) is 0 Å². The van der Waals surface area contributed by atoms with Crippen molar-refractivity contribution < 1.29 is 12.8 Å². The molecule has 0 spiro atoms. The molecule has 0 bridgehead atoms. The molecular weight excluding hydrogens is 479 g/mol. The third kappa shape index (κ3) is 4.09. The Kier molecular flexibility index (Phi) is 5.46. The van der Waals surface area contributed by atoms with Crippen LogP contribution in [0.15, 0.2) is 72.0 Å². The maximum absolute atomic E-state index is 14.5. The van der Waals surface area contributed by atoms with Gasteiger partial charge in [-0.15, -0.1) is 0 Å². The van der Waals surface area contributed by atoms with Crippen molar-refractivity contribution in [1.82, 2.24) is 25.1 Å². The molecule has 5 rings (SSSR count). The number of halogens is 2. The Balaban J connectivity index is 1.56. The van der Waals surface area contributed by atoms with E-state index in [1.807, 2.05) is 0 Å². The van der Waals surface area contributed by atoms with Crippen LogP contribution in [0.2, 0.25) is 5.15 Å². The molecule has 4 heterocycles. The van der Waals surface area contributed by atoms with Crippen LogP contribution in [0.4, 0.5) is 10.1 Å². The molecule has 1 aromatic carbocycles. The van der Waals surface area contributed by atoms with Gasteiger partial charge < -0.3 is 0 Å². The average molecular weight is 495 g/mol. The molecule has 2 N–H and O–H groups in total. The van der Waals surface area contributed by atoms with Crippen molar-refractivity contribution in [3.63, 3.8) is 0 Å². The lowest BCUT2D eigenvalue weighted by molar-refractivity contribution is 0.601. The summed E-state index contributed by atoms with van der Waals surface area (Å²) in [5.41, 5.74) is 3.12. The molecule has 0 aliphatic heterocycles. The average Bonchev–Trinajstić information content (AvgIpc) is 3.25. The van der Waals surface area contributed by atoms with Crippen LogP contribution in [0, 0.1) is 12.7 Å². The topological polar surface area (TPSA) is 114 Å². The Morgan fingerprint density at radius 1 is 0.971 bits per heavy atom. The van der Waals surface area contributed by atoms with Gasteiger partial charge in [-0.2, -0.15) is 5.10 Å². The van der Waals surface area contributed by atoms with E-state index in [0.717, 1.165) is 6.20 Å². The highest BCUT2D eigenvalue weighted by molar-refractivity contribution is 7.92. The molecule has 8 nitrogen and oxygen atoms in total. The molecule has 11 heteroatoms. The summed E-state index contributed by atoms with van der Waals surface area (Å²) in [6.45, 7) is 1.77. The number of nitrogens with one attached hydrogen (secondary N) is 2. The second-order valence-electron chi connectivity index (χ2n) is 7.48. The van der Waals surface area contributed by atoms with Crippen LogP contribution >= 0.6 is 11.6 Å². The minimum Gasteiger partial charge on any atom is -0.276 e. The summed E-state index contributed by atoms with van der Waals surface area (Å²) in [5, 5.41) is 7.58. The van der Waals surface area contributed by atoms with Crippen LogP contribution in [-0.4, -0.2) is 33.6 Å². The summed E-state index contributed by atoms with van der Waals surface area (Å²) in [5.74, 6) is -0.493. The van der Waals surface area contributed by atoms with E-state index in [1.165, 1.54) is 18.3 Å². The van der Waals surface area contributed by atoms with E-state index >= 15 is 0 Å². The number of aryl methyl sites for hydroxylation is 1. The van der Waals surface area contributed by atoms with E-state index < -0.39 is 15.8 Å². The summed E-state index contributed by atoms with van der Waals surface area (Å²) in [6, 6.07) is 12.9. The Hall–Kier alpha value is -3.89. The quantitative estimate of drug-likeness (QED) is 0.333. The van der Waals surface area contributed by atoms with E-state index in [4.69, 9.17) is 11.6 Å². The predicted octanol–water partition coefficient (Wildman–Crippen LogP) is 4.98. The summed E-state index contributed by atoms with van der Waals surface area (Å²) in [4.78, 5) is 12.5. The molecule has 0 fully saturated rings. The lowest BCUT2D eigenvalue weighted by atomic mass is 10.0. The first-order valence-corrected chi connectivity index (χ1v) is 11.9. The van der Waals surface area contributed by atoms with Gasteiger partial charge in [0, 0.05) is 40.2 Å². The van der Waals surface area contributed by atoms with Gasteiger partial charge in [0.15, 0.2) is 16.6 Å². The number of aromatic nitrogens is 5. The van der Waals surface area contributed by atoms with Crippen LogP contribution in [0.1, 0.15) is 5.69 Å². The monoisotopic (exact) mass is 494 g/mol. The summed E-state index contributed by atoms with van der Waals surface area (Å²) >= 11 is 6.18. The van der Waals surface area contributed by atoms with Crippen LogP contribution in [-0.2, 0) is 10.0 Å². The molecule has 0 saturated carbocycles. The van der Waals surface area contributed by atoms with Crippen molar-refractivity contribution in [2.75, 3.05) is 4.72 Å². The first-order chi connectivity index (χ1) is 16.3. The van der Waals surface area contributed by atoms with Gasteiger partial charge >= 0.3 is 0 Å². The molecule has 0 unspecified atom stereocenters. The molecule has 0 saturated heterocycles. The summed E-state index contributed by atoms with van der Waals surface area (Å²) in [6.07, 6.45) is 4.23. The molecule has 0 radical (unpaired) electrons. The smallest absolute Gasteiger partial charge is 0.261 e. The number of nitrogens with zero attached hydrogens (tertiary/aromatic N) is 4. The van der Waals surface area contributed by atoms with Crippen molar-refractivity contribution in [2.45, 2.75) is 11.8 Å². The van der Waals surface area contributed by atoms with Crippen molar-refractivity contribution in [2.24, 2.45) is 0 Å². The standard InChI is InChI=1S/C23H16ClFN6O2S/c1-13-7-17(19(25)12-26-13)21-18-8-14(11-28-23(18)30-29-21)15-9-20(22(24)27-10-15)31-34(32,33)16-5-3-2-4-6-16/h2-12,31H,1H3,(H,28,29,30). The minimum atomic E-state index is -3.86. The van der Waals surface area contributed by atoms with Gasteiger partial charge in [-0.1, -0.05) is 29.8 Å². The highest BCUT2D eigenvalue weighted by Crippen LogP contribution is 2.33. The molecule has 0 atom stereocenters. The van der Waals surface area contributed by atoms with Gasteiger partial charge in [0.05, 0.1) is 22.5 Å². The minimum absolute atomic E-state index is 0.00405. The fourth-order valence-electron chi connectivity index (χ4n) is 3.48. The summed E-state index contributed by atoms with van der Waals surface area (Å²) < 4.78 is 42.4. The van der Waals surface area contributed by atoms with Gasteiger partial charge in [-0.05, 0) is 37.3 Å². The number of anilines is 1. The first-order valence-electron chi connectivity index (χ1n) is 10.0. The Morgan fingerprint density at radius 2 is 1.71 bits per heavy atom. The van der Waals surface area contributed by atoms with Crippen LogP contribution in [0.25, 0.3) is 33.4 Å². The van der Waals surface area contributed by atoms with Crippen LogP contribution in [0.3, 0.4) is 0 Å². The third-order valence-electron chi connectivity index (χ3n) is 5.14. The largest absolute Gasteiger partial charge is 0.276 e. The highest BCUT2D eigenvalue weighted by Gasteiger charge is 2.18.